The Balaban J connectivity index is 2.02. The Morgan fingerprint density at radius 2 is 2.24 bits per heavy atom. The average molecular weight is 235 g/mol. The third-order valence-corrected chi connectivity index (χ3v) is 3.72. The Morgan fingerprint density at radius 3 is 2.94 bits per heavy atom. The summed E-state index contributed by atoms with van der Waals surface area (Å²) >= 11 is 0. The highest BCUT2D eigenvalue weighted by molar-refractivity contribution is 5.06. The van der Waals surface area contributed by atoms with Crippen molar-refractivity contribution >= 4 is 0 Å². The van der Waals surface area contributed by atoms with Gasteiger partial charge in [-0.1, -0.05) is 12.8 Å². The molecule has 0 saturated carbocycles. The number of hydrogen-bond acceptors (Lipinski definition) is 2. The lowest BCUT2D eigenvalue weighted by atomic mass is 9.91. The Hall–Kier alpha value is -0.830. The predicted molar refractivity (Wildman–Crippen MR) is 71.2 cm³/mol. The number of nitrogens with one attached hydrogen (secondary N) is 1. The van der Waals surface area contributed by atoms with Crippen molar-refractivity contribution in [3.8, 4) is 0 Å². The fourth-order valence-electron chi connectivity index (χ4n) is 2.61. The molecule has 1 aromatic heterocycles. The standard InChI is InChI=1S/C14H25N3/c1-12(2)17-10-7-13(16-17)11-14(3)8-5-4-6-9-15-14/h7,10,12,15H,4-6,8-9,11H2,1-3H3. The third-order valence-electron chi connectivity index (χ3n) is 3.72. The molecule has 0 bridgehead atoms. The summed E-state index contributed by atoms with van der Waals surface area (Å²) in [5.74, 6) is 0. The van der Waals surface area contributed by atoms with Gasteiger partial charge in [-0.15, -0.1) is 0 Å². The Kier molecular flexibility index (Phi) is 3.87. The maximum Gasteiger partial charge on any atom is 0.0642 e. The summed E-state index contributed by atoms with van der Waals surface area (Å²) in [6.45, 7) is 7.83. The molecule has 96 valence electrons. The van der Waals surface area contributed by atoms with Crippen LogP contribution < -0.4 is 5.32 Å². The highest BCUT2D eigenvalue weighted by Gasteiger charge is 2.26. The minimum atomic E-state index is 0.243. The van der Waals surface area contributed by atoms with Crippen molar-refractivity contribution in [1.82, 2.24) is 15.1 Å². The van der Waals surface area contributed by atoms with E-state index in [1.54, 1.807) is 0 Å². The van der Waals surface area contributed by atoms with Crippen LogP contribution in [0.4, 0.5) is 0 Å². The first kappa shape index (κ1) is 12.6. The largest absolute Gasteiger partial charge is 0.311 e. The van der Waals surface area contributed by atoms with E-state index in [9.17, 15) is 0 Å². The molecule has 3 nitrogen and oxygen atoms in total. The molecule has 0 amide bonds. The van der Waals surface area contributed by atoms with Crippen LogP contribution in [0.3, 0.4) is 0 Å². The Bertz CT molecular complexity index is 346. The van der Waals surface area contributed by atoms with Crippen LogP contribution >= 0.6 is 0 Å². The summed E-state index contributed by atoms with van der Waals surface area (Å²) in [7, 11) is 0. The van der Waals surface area contributed by atoms with Gasteiger partial charge in [-0.05, 0) is 46.2 Å². The molecule has 1 N–H and O–H groups in total. The first-order chi connectivity index (χ1) is 8.09. The number of aromatic nitrogens is 2. The van der Waals surface area contributed by atoms with Crippen LogP contribution in [0.25, 0.3) is 0 Å². The molecule has 1 saturated heterocycles. The second kappa shape index (κ2) is 5.21. The van der Waals surface area contributed by atoms with Crippen molar-refractivity contribution in [3.63, 3.8) is 0 Å². The second-order valence-electron chi connectivity index (χ2n) is 5.86. The lowest BCUT2D eigenvalue weighted by molar-refractivity contribution is 0.340. The third kappa shape index (κ3) is 3.32. The van der Waals surface area contributed by atoms with Crippen LogP contribution in [0.2, 0.25) is 0 Å². The van der Waals surface area contributed by atoms with Gasteiger partial charge in [0.1, 0.15) is 0 Å². The number of rotatable bonds is 3. The molecule has 1 aliphatic rings. The van der Waals surface area contributed by atoms with E-state index in [0.29, 0.717) is 6.04 Å². The molecule has 1 fully saturated rings. The topological polar surface area (TPSA) is 29.9 Å². The Morgan fingerprint density at radius 1 is 1.41 bits per heavy atom. The van der Waals surface area contributed by atoms with Crippen molar-refractivity contribution in [1.29, 1.82) is 0 Å². The van der Waals surface area contributed by atoms with Crippen LogP contribution in [0.1, 0.15) is 58.2 Å². The molecule has 0 radical (unpaired) electrons. The van der Waals surface area contributed by atoms with Gasteiger partial charge in [0.2, 0.25) is 0 Å². The van der Waals surface area contributed by atoms with Crippen molar-refractivity contribution in [2.75, 3.05) is 6.54 Å². The van der Waals surface area contributed by atoms with Crippen LogP contribution in [0, 0.1) is 0 Å². The van der Waals surface area contributed by atoms with Gasteiger partial charge in [-0.25, -0.2) is 0 Å². The van der Waals surface area contributed by atoms with Crippen molar-refractivity contribution in [3.05, 3.63) is 18.0 Å². The summed E-state index contributed by atoms with van der Waals surface area (Å²) in [6.07, 6.45) is 8.43. The fraction of sp³-hybridized carbons (Fsp3) is 0.786. The van der Waals surface area contributed by atoms with Gasteiger partial charge in [0, 0.05) is 24.2 Å². The maximum absolute atomic E-state index is 4.66. The molecule has 2 heterocycles. The summed E-state index contributed by atoms with van der Waals surface area (Å²) in [4.78, 5) is 0. The van der Waals surface area contributed by atoms with E-state index in [0.717, 1.165) is 13.0 Å². The van der Waals surface area contributed by atoms with E-state index < -0.39 is 0 Å². The van der Waals surface area contributed by atoms with E-state index in [1.165, 1.54) is 31.4 Å². The summed E-state index contributed by atoms with van der Waals surface area (Å²) < 4.78 is 2.05. The number of hydrogen-bond donors (Lipinski definition) is 1. The van der Waals surface area contributed by atoms with Gasteiger partial charge in [-0.3, -0.25) is 4.68 Å². The van der Waals surface area contributed by atoms with E-state index >= 15 is 0 Å². The van der Waals surface area contributed by atoms with Gasteiger partial charge in [0.05, 0.1) is 5.69 Å². The van der Waals surface area contributed by atoms with Gasteiger partial charge in [0.15, 0.2) is 0 Å². The Labute approximate surface area is 105 Å². The van der Waals surface area contributed by atoms with Crippen LogP contribution in [0.5, 0.6) is 0 Å². The van der Waals surface area contributed by atoms with Gasteiger partial charge in [0.25, 0.3) is 0 Å². The lowest BCUT2D eigenvalue weighted by Crippen LogP contribution is -2.43. The zero-order valence-electron chi connectivity index (χ0n) is 11.4. The smallest absolute Gasteiger partial charge is 0.0642 e. The second-order valence-corrected chi connectivity index (χ2v) is 5.86. The van der Waals surface area contributed by atoms with Gasteiger partial charge >= 0.3 is 0 Å². The summed E-state index contributed by atoms with van der Waals surface area (Å²) in [5, 5.41) is 8.35. The minimum absolute atomic E-state index is 0.243. The van der Waals surface area contributed by atoms with E-state index in [2.05, 4.69) is 48.1 Å². The first-order valence-electron chi connectivity index (χ1n) is 6.88. The highest BCUT2D eigenvalue weighted by atomic mass is 15.3. The molecular weight excluding hydrogens is 210 g/mol. The van der Waals surface area contributed by atoms with Crippen LogP contribution in [0.15, 0.2) is 12.3 Å². The molecule has 1 atom stereocenters. The molecule has 2 rings (SSSR count). The first-order valence-corrected chi connectivity index (χ1v) is 6.88. The minimum Gasteiger partial charge on any atom is -0.311 e. The monoisotopic (exact) mass is 235 g/mol. The molecule has 1 unspecified atom stereocenters. The van der Waals surface area contributed by atoms with Crippen molar-refractivity contribution in [2.24, 2.45) is 0 Å². The lowest BCUT2D eigenvalue weighted by Gasteiger charge is -2.28. The summed E-state index contributed by atoms with van der Waals surface area (Å²) in [5.41, 5.74) is 1.46. The van der Waals surface area contributed by atoms with Crippen LogP contribution in [-0.4, -0.2) is 21.9 Å². The highest BCUT2D eigenvalue weighted by Crippen LogP contribution is 2.22. The van der Waals surface area contributed by atoms with E-state index in [-0.39, 0.29) is 5.54 Å². The molecule has 1 aliphatic heterocycles. The quantitative estimate of drug-likeness (QED) is 0.873. The summed E-state index contributed by atoms with van der Waals surface area (Å²) in [6, 6.07) is 2.62. The molecular formula is C14H25N3. The van der Waals surface area contributed by atoms with Crippen molar-refractivity contribution < 1.29 is 0 Å². The zero-order chi connectivity index (χ0) is 12.3. The average Bonchev–Trinajstić information content (AvgIpc) is 2.61. The maximum atomic E-state index is 4.66. The SMILES string of the molecule is CC(C)n1ccc(CC2(C)CCCCCN2)n1. The molecule has 1 aromatic rings. The molecule has 0 aliphatic carbocycles. The van der Waals surface area contributed by atoms with Crippen LogP contribution in [-0.2, 0) is 6.42 Å². The fourth-order valence-corrected chi connectivity index (χ4v) is 2.61. The molecule has 17 heavy (non-hydrogen) atoms. The molecule has 3 heteroatoms. The normalized spacial score (nSPS) is 26.1. The van der Waals surface area contributed by atoms with E-state index in [4.69, 9.17) is 0 Å². The predicted octanol–water partition coefficient (Wildman–Crippen LogP) is 2.93. The van der Waals surface area contributed by atoms with E-state index in [1.807, 2.05) is 0 Å². The zero-order valence-corrected chi connectivity index (χ0v) is 11.4. The molecule has 0 spiro atoms. The number of nitrogens with zero attached hydrogens (tertiary/aromatic N) is 2. The van der Waals surface area contributed by atoms with Gasteiger partial charge < -0.3 is 5.32 Å². The van der Waals surface area contributed by atoms with Gasteiger partial charge in [-0.2, -0.15) is 5.10 Å². The van der Waals surface area contributed by atoms with Crippen molar-refractivity contribution in [2.45, 2.75) is 64.5 Å². The molecule has 0 aromatic carbocycles.